The summed E-state index contributed by atoms with van der Waals surface area (Å²) in [6.07, 6.45) is 19.7. The number of ketones is 8. The lowest BCUT2D eigenvalue weighted by Gasteiger charge is -2.31. The number of likely N-dealkylation sites (tertiary alicyclic amines) is 1. The molecule has 0 bridgehead atoms. The Balaban J connectivity index is 0.000000330. The summed E-state index contributed by atoms with van der Waals surface area (Å²) in [5, 5.41) is 28.9. The monoisotopic (exact) mass is 2130 g/mol. The van der Waals surface area contributed by atoms with Gasteiger partial charge < -0.3 is 42.0 Å². The van der Waals surface area contributed by atoms with Crippen molar-refractivity contribution < 1.29 is 60.7 Å². The lowest BCUT2D eigenvalue weighted by Crippen LogP contribution is -2.36. The van der Waals surface area contributed by atoms with Crippen molar-refractivity contribution in [2.75, 3.05) is 112 Å². The molecule has 3 aromatic heterocycles. The smallest absolute Gasteiger partial charge is 0.180 e. The zero-order valence-electron chi connectivity index (χ0n) is 79.6. The highest BCUT2D eigenvalue weighted by atomic mass is 35.5. The number of methoxy groups -OCH3 is 1. The fourth-order valence-corrected chi connectivity index (χ4v) is 20.6. The van der Waals surface area contributed by atoms with Crippen LogP contribution in [0.15, 0.2) is 186 Å². The minimum atomic E-state index is -0.401. The molecule has 8 fully saturated rings. The maximum absolute atomic E-state index is 13.4. The van der Waals surface area contributed by atoms with Gasteiger partial charge >= 0.3 is 0 Å². The number of piperidine rings is 8. The molecule has 8 aliphatic heterocycles. The van der Waals surface area contributed by atoms with E-state index in [-0.39, 0.29) is 180 Å². The topological polar surface area (TPSA) is 233 Å². The molecule has 8 saturated heterocycles. The third-order valence-electron chi connectivity index (χ3n) is 26.1. The number of Topliss-reactive ketones (excluding diaryl/α,β-unsaturated/α-hetero) is 8. The molecular weight excluding hydrogens is 2000 g/mol. The Hall–Kier alpha value is -6.70. The Labute approximate surface area is 879 Å². The van der Waals surface area contributed by atoms with Crippen LogP contribution in [0.3, 0.4) is 0 Å². The van der Waals surface area contributed by atoms with Crippen molar-refractivity contribution >= 4 is 178 Å². The van der Waals surface area contributed by atoms with Crippen molar-refractivity contribution in [3.63, 3.8) is 0 Å². The summed E-state index contributed by atoms with van der Waals surface area (Å²) in [5.74, 6) is 4.10. The number of thiophene rings is 3. The first-order chi connectivity index (χ1) is 64.7. The van der Waals surface area contributed by atoms with E-state index in [9.17, 15) is 55.9 Å². The first-order valence-corrected chi connectivity index (χ1v) is 51.1. The SMILES string of the molecule is COc1ccccc1C(=O)CC1CCNCC1.Cc1ccccc1CC(=O)C1CCNCC1.Cl.Cl.Cl.Cl.Cl.Cl.O=C(CC1CCNCC1)c1ccccc1Cl.O=C(CC1CCNCC1)c1ccccc1F.O=C(CC1CCNCC1)c1sccc1Cl.O=C(Cc1ccccc1F)C1CCNCC1.O=C(Cc1ccsc1F)C1CCN(Cc2ccccc2)CC1.O=C(Cc1ccsc1F)C1CCNCC1. The van der Waals surface area contributed by atoms with E-state index in [4.69, 9.17) is 27.9 Å². The molecule has 0 spiro atoms. The van der Waals surface area contributed by atoms with Crippen LogP contribution in [0.5, 0.6) is 5.75 Å². The van der Waals surface area contributed by atoms with Crippen LogP contribution in [-0.4, -0.2) is 163 Å². The summed E-state index contributed by atoms with van der Waals surface area (Å²) in [6.45, 7) is 18.6. The van der Waals surface area contributed by atoms with Gasteiger partial charge in [-0.3, -0.25) is 43.3 Å². The first-order valence-electron chi connectivity index (χ1n) is 47.7. The second-order valence-corrected chi connectivity index (χ2v) is 39.1. The normalized spacial score (nSPS) is 16.5. The molecule has 7 N–H and O–H groups in total. The summed E-state index contributed by atoms with van der Waals surface area (Å²) in [7, 11) is 1.61. The van der Waals surface area contributed by atoms with Crippen LogP contribution in [0.2, 0.25) is 10.0 Å². The lowest BCUT2D eigenvalue weighted by atomic mass is 9.89. The molecule has 0 amide bonds. The fourth-order valence-electron chi connectivity index (χ4n) is 17.9. The van der Waals surface area contributed by atoms with Crippen LogP contribution in [0.25, 0.3) is 0 Å². The molecule has 0 unspecified atom stereocenters. The Morgan fingerprint density at radius 1 is 0.331 bits per heavy atom. The summed E-state index contributed by atoms with van der Waals surface area (Å²) in [5.41, 5.74) is 6.98. The van der Waals surface area contributed by atoms with E-state index in [1.165, 1.54) is 40.2 Å². The number of nitrogens with zero attached hydrogens (tertiary/aromatic N) is 1. The summed E-state index contributed by atoms with van der Waals surface area (Å²) in [6, 6.07) is 51.3. The number of hydrogen-bond acceptors (Lipinski definition) is 20. The quantitative estimate of drug-likeness (QED) is 0.0187. The van der Waals surface area contributed by atoms with Gasteiger partial charge in [-0.25, -0.2) is 8.78 Å². The Morgan fingerprint density at radius 2 is 0.655 bits per heavy atom. The van der Waals surface area contributed by atoms with E-state index < -0.39 is 5.82 Å². The Bertz CT molecular complexity index is 4910. The molecule has 6 aromatic carbocycles. The number of ether oxygens (including phenoxy) is 1. The molecule has 9 aromatic rings. The minimum absolute atomic E-state index is 0. The lowest BCUT2D eigenvalue weighted by molar-refractivity contribution is -0.124. The maximum Gasteiger partial charge on any atom is 0.180 e. The third-order valence-corrected chi connectivity index (χ3v) is 29.3. The number of para-hydroxylation sites is 1. The van der Waals surface area contributed by atoms with Crippen LogP contribution in [0.1, 0.15) is 203 Å². The molecule has 11 heterocycles. The zero-order valence-corrected chi connectivity index (χ0v) is 88.4. The van der Waals surface area contributed by atoms with E-state index in [2.05, 4.69) is 85.4 Å². The Morgan fingerprint density at radius 3 is 1.04 bits per heavy atom. The van der Waals surface area contributed by atoms with Gasteiger partial charge in [0.1, 0.15) is 40.5 Å². The highest BCUT2D eigenvalue weighted by molar-refractivity contribution is 7.12. The predicted octanol–water partition coefficient (Wildman–Crippen LogP) is 23.0. The van der Waals surface area contributed by atoms with Gasteiger partial charge in [0.15, 0.2) is 33.4 Å². The number of rotatable bonds is 27. The van der Waals surface area contributed by atoms with Crippen molar-refractivity contribution in [1.82, 2.24) is 42.1 Å². The van der Waals surface area contributed by atoms with Gasteiger partial charge in [0, 0.05) is 98.3 Å². The van der Waals surface area contributed by atoms with Gasteiger partial charge in [0.05, 0.1) is 33.2 Å². The van der Waals surface area contributed by atoms with Crippen LogP contribution in [0.4, 0.5) is 17.6 Å². The van der Waals surface area contributed by atoms with Crippen LogP contribution >= 0.6 is 132 Å². The van der Waals surface area contributed by atoms with Gasteiger partial charge in [-0.15, -0.1) is 108 Å². The molecule has 0 aliphatic carbocycles. The van der Waals surface area contributed by atoms with Crippen LogP contribution < -0.4 is 42.0 Å². The second-order valence-electron chi connectivity index (χ2n) is 35.7. The number of aryl methyl sites for hydroxylation is 1. The number of carbonyl (C=O) groups is 8. The molecule has 32 heteroatoms. The average molecular weight is 2140 g/mol. The van der Waals surface area contributed by atoms with Gasteiger partial charge in [0.25, 0.3) is 0 Å². The number of carbonyl (C=O) groups excluding carboxylic acids is 8. The number of nitrogens with one attached hydrogen (secondary N) is 7. The second kappa shape index (κ2) is 70.1. The predicted molar refractivity (Wildman–Crippen MR) is 574 cm³/mol. The van der Waals surface area contributed by atoms with E-state index in [0.717, 1.165) is 242 Å². The van der Waals surface area contributed by atoms with E-state index in [0.29, 0.717) is 105 Å². The molecule has 0 atom stereocenters. The molecule has 8 aliphatic rings. The summed E-state index contributed by atoms with van der Waals surface area (Å²) in [4.78, 5) is 99.3. The van der Waals surface area contributed by atoms with Crippen molar-refractivity contribution in [3.8, 4) is 5.75 Å². The summed E-state index contributed by atoms with van der Waals surface area (Å²) >= 11 is 15.5. The summed E-state index contributed by atoms with van der Waals surface area (Å²) < 4.78 is 58.5. The van der Waals surface area contributed by atoms with Crippen molar-refractivity contribution in [2.24, 2.45) is 47.3 Å². The molecular formula is C107H140Cl8F4N8O9S3. The minimum Gasteiger partial charge on any atom is -0.496 e. The van der Waals surface area contributed by atoms with E-state index in [1.54, 1.807) is 78.5 Å². The van der Waals surface area contributed by atoms with Gasteiger partial charge in [-0.1, -0.05) is 132 Å². The Kier molecular flexibility index (Phi) is 62.9. The van der Waals surface area contributed by atoms with Gasteiger partial charge in [0.2, 0.25) is 0 Å². The van der Waals surface area contributed by atoms with Crippen molar-refractivity contribution in [1.29, 1.82) is 0 Å². The van der Waals surface area contributed by atoms with Crippen LogP contribution in [-0.2, 0) is 51.4 Å². The number of hydrogen-bond donors (Lipinski definition) is 7. The largest absolute Gasteiger partial charge is 0.496 e. The first kappa shape index (κ1) is 125. The average Bonchev–Trinajstić information content (AvgIpc) is 0.948. The van der Waals surface area contributed by atoms with Crippen molar-refractivity contribution in [3.05, 3.63) is 273 Å². The number of halogens is 12. The standard InChI is InChI=1S/C18H20FNOS.C14H19NO2.C14H19NO.C13H16ClNO.2C13H16FNO.C11H14ClNOS.C11H14FNOS.6ClH/c19-18-16(8-11-22-18)12-17(21)15-6-9-20(10-7-15)13-14-4-2-1-3-5-14;1-17-14-5-3-2-4-12(14)13(16)10-11-6-8-15-9-7-11;1-11-4-2-3-5-13(11)10-14(16)12-6-8-15-9-7-12;14-12-4-2-1-3-11(12)13(16)9-10-5-7-15-8-6-10;14-12-4-2-1-3-11(12)9-13(16)10-5-7-15-8-6-10;14-12-4-2-1-3-11(12)13(16)9-10-5-7-15-8-6-10;12-9-3-6-15-11(9)10(14)7-8-1-4-13-5-2-8;12-11-9(3-6-15-11)7-10(14)8-1-4-13-5-2-8;;;;;;/h1-5,8,11,15H,6-7,9-10,12-13H2;2-5,11,15H,6-10H2,1H3;2-5,12,15H,6-10H2,1H3;3*1-4,10,15H,5-9H2;2*3,6,8,13H,1-2,4-5,7H2;6*1H. The highest BCUT2D eigenvalue weighted by Crippen LogP contribution is 2.32. The zero-order chi connectivity index (χ0) is 94.3. The molecule has 139 heavy (non-hydrogen) atoms. The maximum atomic E-state index is 13.4. The molecule has 17 rings (SSSR count). The van der Waals surface area contributed by atoms with Crippen molar-refractivity contribution in [2.45, 2.75) is 168 Å². The molecule has 0 radical (unpaired) electrons. The van der Waals surface area contributed by atoms with Gasteiger partial charge in [-0.05, 0) is 337 Å². The molecule has 17 nitrogen and oxygen atoms in total. The third kappa shape index (κ3) is 44.4. The highest BCUT2D eigenvalue weighted by Gasteiger charge is 2.30. The fraction of sp³-hybridized carbons (Fsp3) is 0.477. The number of benzene rings is 6. The van der Waals surface area contributed by atoms with Gasteiger partial charge in [-0.2, -0.15) is 8.78 Å². The van der Waals surface area contributed by atoms with Crippen LogP contribution in [0, 0.1) is 76.2 Å². The van der Waals surface area contributed by atoms with E-state index >= 15 is 0 Å². The molecule has 764 valence electrons. The molecule has 0 saturated carbocycles. The van der Waals surface area contributed by atoms with E-state index in [1.807, 2.05) is 66.0 Å².